The molecule has 0 spiro atoms. The molecule has 0 aromatic carbocycles. The average molecular weight is 148 g/mol. The number of rotatable bonds is 1. The van der Waals surface area contributed by atoms with Gasteiger partial charge < -0.3 is 5.11 Å². The number of allylic oxidation sites excluding steroid dienone is 2. The highest BCUT2D eigenvalue weighted by Crippen LogP contribution is 2.35. The lowest BCUT2D eigenvalue weighted by Crippen LogP contribution is -2.10. The van der Waals surface area contributed by atoms with E-state index in [0.29, 0.717) is 0 Å². The van der Waals surface area contributed by atoms with Gasteiger partial charge in [-0.05, 0) is 37.3 Å². The number of hydrogen-bond donors (Lipinski definition) is 1. The van der Waals surface area contributed by atoms with E-state index >= 15 is 0 Å². The molecule has 2 aliphatic carbocycles. The zero-order chi connectivity index (χ0) is 7.84. The van der Waals surface area contributed by atoms with Crippen LogP contribution < -0.4 is 0 Å². The van der Waals surface area contributed by atoms with Gasteiger partial charge in [0.25, 0.3) is 0 Å². The van der Waals surface area contributed by atoms with Crippen LogP contribution in [0.15, 0.2) is 28.5 Å². The minimum atomic E-state index is -0.319. The van der Waals surface area contributed by atoms with Gasteiger partial charge in [-0.15, -0.1) is 5.73 Å². The highest BCUT2D eigenvalue weighted by molar-refractivity contribution is 5.44. The molecule has 1 saturated carbocycles. The Morgan fingerprint density at radius 2 is 2.36 bits per heavy atom. The van der Waals surface area contributed by atoms with E-state index in [4.69, 9.17) is 0 Å². The molecule has 0 aromatic heterocycles. The van der Waals surface area contributed by atoms with Crippen molar-refractivity contribution in [3.8, 4) is 0 Å². The fourth-order valence-corrected chi connectivity index (χ4v) is 1.52. The van der Waals surface area contributed by atoms with Crippen LogP contribution in [-0.4, -0.2) is 11.2 Å². The second-order valence-electron chi connectivity index (χ2n) is 3.24. The van der Waals surface area contributed by atoms with Crippen LogP contribution in [0.2, 0.25) is 0 Å². The summed E-state index contributed by atoms with van der Waals surface area (Å²) < 4.78 is 0. The fourth-order valence-electron chi connectivity index (χ4n) is 1.52. The number of hydrogen-bond acceptors (Lipinski definition) is 1. The van der Waals surface area contributed by atoms with E-state index in [1.807, 2.05) is 0 Å². The summed E-state index contributed by atoms with van der Waals surface area (Å²) in [5.41, 5.74) is 7.09. The van der Waals surface area contributed by atoms with E-state index in [1.54, 1.807) is 6.92 Å². The van der Waals surface area contributed by atoms with Gasteiger partial charge in [0.05, 0.1) is 6.10 Å². The average Bonchev–Trinajstić information content (AvgIpc) is 1.91. The molecule has 58 valence electrons. The van der Waals surface area contributed by atoms with Gasteiger partial charge in [0.15, 0.2) is 0 Å². The maximum Gasteiger partial charge on any atom is 0.0798 e. The molecule has 1 nitrogen and oxygen atoms in total. The van der Waals surface area contributed by atoms with Crippen LogP contribution >= 0.6 is 0 Å². The summed E-state index contributed by atoms with van der Waals surface area (Å²) in [6.07, 6.45) is 5.17. The Labute approximate surface area is 66.7 Å². The third-order valence-corrected chi connectivity index (χ3v) is 2.42. The van der Waals surface area contributed by atoms with Gasteiger partial charge in [-0.3, -0.25) is 0 Å². The molecule has 1 N–H and O–H groups in total. The molecule has 0 aromatic rings. The van der Waals surface area contributed by atoms with Crippen molar-refractivity contribution in [1.82, 2.24) is 0 Å². The van der Waals surface area contributed by atoms with Crippen molar-refractivity contribution in [2.24, 2.45) is 0 Å². The minimum absolute atomic E-state index is 0.319. The van der Waals surface area contributed by atoms with E-state index in [0.717, 1.165) is 18.4 Å². The van der Waals surface area contributed by atoms with E-state index in [2.05, 4.69) is 11.8 Å². The summed E-state index contributed by atoms with van der Waals surface area (Å²) in [6.45, 7) is 1.81. The highest BCUT2D eigenvalue weighted by atomic mass is 16.3. The lowest BCUT2D eigenvalue weighted by molar-refractivity contribution is 0.229. The van der Waals surface area contributed by atoms with E-state index in [9.17, 15) is 5.11 Å². The molecule has 0 amide bonds. The molecule has 1 fully saturated rings. The maximum atomic E-state index is 9.26. The molecule has 0 heterocycles. The highest BCUT2D eigenvalue weighted by Gasteiger charge is 2.19. The smallest absolute Gasteiger partial charge is 0.0798 e. The van der Waals surface area contributed by atoms with Crippen molar-refractivity contribution in [3.63, 3.8) is 0 Å². The van der Waals surface area contributed by atoms with Crippen molar-refractivity contribution in [2.75, 3.05) is 0 Å². The van der Waals surface area contributed by atoms with Crippen molar-refractivity contribution >= 4 is 0 Å². The van der Waals surface area contributed by atoms with Gasteiger partial charge in [0.2, 0.25) is 0 Å². The zero-order valence-electron chi connectivity index (χ0n) is 6.72. The Kier molecular flexibility index (Phi) is 1.49. The predicted molar refractivity (Wildman–Crippen MR) is 44.2 cm³/mol. The fraction of sp³-hybridized carbons (Fsp3) is 0.500. The largest absolute Gasteiger partial charge is 0.388 e. The topological polar surface area (TPSA) is 20.2 Å². The first-order valence-corrected chi connectivity index (χ1v) is 4.13. The van der Waals surface area contributed by atoms with Crippen LogP contribution in [0.5, 0.6) is 0 Å². The van der Waals surface area contributed by atoms with Crippen LogP contribution in [0, 0.1) is 0 Å². The van der Waals surface area contributed by atoms with Crippen LogP contribution in [0.3, 0.4) is 0 Å². The van der Waals surface area contributed by atoms with Gasteiger partial charge in [-0.25, -0.2) is 0 Å². The standard InChI is InChI=1S/C10H12O/c1-7(11)9-4-2-8-3-5-10(8)6-9/h2,7,11H,3-5H2,1H3. The van der Waals surface area contributed by atoms with Gasteiger partial charge in [-0.1, -0.05) is 6.08 Å². The van der Waals surface area contributed by atoms with Crippen molar-refractivity contribution in [2.45, 2.75) is 32.3 Å². The lowest BCUT2D eigenvalue weighted by Gasteiger charge is -2.24. The molecule has 0 radical (unpaired) electrons. The first-order valence-electron chi connectivity index (χ1n) is 4.13. The number of aliphatic hydroxyl groups is 1. The molecule has 1 unspecified atom stereocenters. The van der Waals surface area contributed by atoms with Gasteiger partial charge >= 0.3 is 0 Å². The first kappa shape index (κ1) is 6.90. The van der Waals surface area contributed by atoms with Gasteiger partial charge in [0.1, 0.15) is 0 Å². The van der Waals surface area contributed by atoms with Crippen molar-refractivity contribution in [1.29, 1.82) is 0 Å². The van der Waals surface area contributed by atoms with Crippen LogP contribution in [-0.2, 0) is 0 Å². The van der Waals surface area contributed by atoms with Crippen LogP contribution in [0.1, 0.15) is 26.2 Å². The Morgan fingerprint density at radius 1 is 1.55 bits per heavy atom. The Bertz CT molecular complexity index is 275. The molecular formula is C10H12O. The van der Waals surface area contributed by atoms with Crippen LogP contribution in [0.4, 0.5) is 0 Å². The maximum absolute atomic E-state index is 9.26. The SMILES string of the molecule is CC(O)C1=C=C2CCC2=CC1. The minimum Gasteiger partial charge on any atom is -0.388 e. The van der Waals surface area contributed by atoms with Crippen LogP contribution in [0.25, 0.3) is 0 Å². The Morgan fingerprint density at radius 3 is 2.82 bits per heavy atom. The number of fused-ring (bicyclic) bond motifs is 1. The summed E-state index contributed by atoms with van der Waals surface area (Å²) in [5.74, 6) is 0. The normalized spacial score (nSPS) is 24.0. The molecular weight excluding hydrogens is 136 g/mol. The van der Waals surface area contributed by atoms with Gasteiger partial charge in [0, 0.05) is 5.57 Å². The molecule has 1 heteroatoms. The lowest BCUT2D eigenvalue weighted by atomic mass is 9.81. The van der Waals surface area contributed by atoms with E-state index in [1.165, 1.54) is 17.6 Å². The summed E-state index contributed by atoms with van der Waals surface area (Å²) >= 11 is 0. The summed E-state index contributed by atoms with van der Waals surface area (Å²) in [5, 5.41) is 9.26. The third kappa shape index (κ3) is 1.07. The summed E-state index contributed by atoms with van der Waals surface area (Å²) in [7, 11) is 0. The van der Waals surface area contributed by atoms with E-state index in [-0.39, 0.29) is 6.10 Å². The molecule has 2 rings (SSSR count). The molecule has 11 heavy (non-hydrogen) atoms. The molecule has 0 bridgehead atoms. The second-order valence-corrected chi connectivity index (χ2v) is 3.24. The molecule has 1 atom stereocenters. The third-order valence-electron chi connectivity index (χ3n) is 2.42. The van der Waals surface area contributed by atoms with Gasteiger partial charge in [-0.2, -0.15) is 0 Å². The van der Waals surface area contributed by atoms with Crippen molar-refractivity contribution in [3.05, 3.63) is 28.5 Å². The molecule has 0 aliphatic heterocycles. The Hall–Kier alpha value is -0.780. The number of aliphatic hydroxyl groups excluding tert-OH is 1. The van der Waals surface area contributed by atoms with Crippen molar-refractivity contribution < 1.29 is 5.11 Å². The first-order chi connectivity index (χ1) is 5.27. The summed E-state index contributed by atoms with van der Waals surface area (Å²) in [4.78, 5) is 0. The second kappa shape index (κ2) is 2.37. The molecule has 0 saturated heterocycles. The quantitative estimate of drug-likeness (QED) is 0.563. The predicted octanol–water partition coefficient (Wildman–Crippen LogP) is 1.94. The summed E-state index contributed by atoms with van der Waals surface area (Å²) in [6, 6.07) is 0. The monoisotopic (exact) mass is 148 g/mol. The zero-order valence-corrected chi connectivity index (χ0v) is 6.72. The molecule has 2 aliphatic rings. The Balaban J connectivity index is 2.34. The van der Waals surface area contributed by atoms with E-state index < -0.39 is 0 Å².